The number of carbonyl (C=O) groups is 1. The molecule has 4 heteroatoms. The predicted molar refractivity (Wildman–Crippen MR) is 80.9 cm³/mol. The molecule has 0 aromatic heterocycles. The molecule has 0 aliphatic carbocycles. The van der Waals surface area contributed by atoms with Crippen LogP contribution in [0.4, 0.5) is 11.4 Å². The molecule has 0 unspecified atom stereocenters. The lowest BCUT2D eigenvalue weighted by atomic mass is 10.1. The Bertz CT molecular complexity index is 735. The molecule has 0 atom stereocenters. The molecule has 0 spiro atoms. The van der Waals surface area contributed by atoms with Crippen LogP contribution in [0.2, 0.25) is 0 Å². The van der Waals surface area contributed by atoms with Crippen LogP contribution in [-0.2, 0) is 0 Å². The number of azo groups is 1. The molecule has 0 fully saturated rings. The van der Waals surface area contributed by atoms with E-state index < -0.39 is 0 Å². The minimum absolute atomic E-state index is 0.0782. The second kappa shape index (κ2) is 6.40. The smallest absolute Gasteiger partial charge is 0.188 e. The van der Waals surface area contributed by atoms with Crippen LogP contribution >= 0.6 is 0 Å². The van der Waals surface area contributed by atoms with Crippen molar-refractivity contribution in [3.05, 3.63) is 71.8 Å². The van der Waals surface area contributed by atoms with Gasteiger partial charge < -0.3 is 0 Å². The Morgan fingerprint density at radius 1 is 1.00 bits per heavy atom. The zero-order valence-corrected chi connectivity index (χ0v) is 11.6. The van der Waals surface area contributed by atoms with Crippen LogP contribution in [0.3, 0.4) is 0 Å². The number of allylic oxidation sites excluding steroid dienone is 1. The van der Waals surface area contributed by atoms with E-state index in [2.05, 4.69) is 16.8 Å². The molecule has 0 saturated carbocycles. The van der Waals surface area contributed by atoms with E-state index in [-0.39, 0.29) is 5.78 Å². The Kier molecular flexibility index (Phi) is 4.37. The van der Waals surface area contributed by atoms with Gasteiger partial charge in [-0.25, -0.2) is 0 Å². The van der Waals surface area contributed by atoms with Gasteiger partial charge in [0.25, 0.3) is 0 Å². The van der Waals surface area contributed by atoms with Crippen molar-refractivity contribution in [2.24, 2.45) is 10.2 Å². The standard InChI is InChI=1S/C17H13N3O/c1-12(2)17(21)14-5-9-16(10-6-14)20-19-15-7-3-13(11-18)4-8-15/h3-10H,1H2,2H3. The van der Waals surface area contributed by atoms with Gasteiger partial charge in [-0.3, -0.25) is 4.79 Å². The van der Waals surface area contributed by atoms with Crippen molar-refractivity contribution in [1.29, 1.82) is 5.26 Å². The maximum absolute atomic E-state index is 11.7. The number of hydrogen-bond donors (Lipinski definition) is 0. The topological polar surface area (TPSA) is 65.6 Å². The zero-order chi connectivity index (χ0) is 15.2. The lowest BCUT2D eigenvalue weighted by Crippen LogP contribution is -1.98. The molecular weight excluding hydrogens is 262 g/mol. The highest BCUT2D eigenvalue weighted by molar-refractivity contribution is 6.07. The first-order valence-electron chi connectivity index (χ1n) is 6.32. The van der Waals surface area contributed by atoms with Crippen molar-refractivity contribution in [2.75, 3.05) is 0 Å². The largest absolute Gasteiger partial charge is 0.289 e. The number of benzene rings is 2. The maximum atomic E-state index is 11.7. The van der Waals surface area contributed by atoms with Crippen LogP contribution in [0.5, 0.6) is 0 Å². The molecular formula is C17H13N3O. The minimum atomic E-state index is -0.0782. The van der Waals surface area contributed by atoms with E-state index in [0.29, 0.717) is 28.1 Å². The Labute approximate surface area is 123 Å². The molecule has 21 heavy (non-hydrogen) atoms. The predicted octanol–water partition coefficient (Wildman–Crippen LogP) is 4.73. The molecule has 0 aliphatic rings. The van der Waals surface area contributed by atoms with E-state index in [0.717, 1.165) is 0 Å². The molecule has 0 radical (unpaired) electrons. The summed E-state index contributed by atoms with van der Waals surface area (Å²) in [6, 6.07) is 15.7. The van der Waals surface area contributed by atoms with Crippen LogP contribution in [0.25, 0.3) is 0 Å². The van der Waals surface area contributed by atoms with E-state index in [1.807, 2.05) is 6.07 Å². The van der Waals surface area contributed by atoms with Crippen molar-refractivity contribution < 1.29 is 4.79 Å². The molecule has 2 aromatic rings. The normalized spacial score (nSPS) is 10.3. The maximum Gasteiger partial charge on any atom is 0.188 e. The van der Waals surface area contributed by atoms with Gasteiger partial charge in [-0.2, -0.15) is 15.5 Å². The highest BCUT2D eigenvalue weighted by Crippen LogP contribution is 2.19. The number of rotatable bonds is 4. The van der Waals surface area contributed by atoms with E-state index in [1.54, 1.807) is 55.5 Å². The third kappa shape index (κ3) is 3.71. The molecule has 0 heterocycles. The first-order valence-corrected chi connectivity index (χ1v) is 6.32. The molecule has 2 rings (SSSR count). The molecule has 0 amide bonds. The zero-order valence-electron chi connectivity index (χ0n) is 11.6. The second-order valence-corrected chi connectivity index (χ2v) is 4.52. The second-order valence-electron chi connectivity index (χ2n) is 4.52. The lowest BCUT2D eigenvalue weighted by Gasteiger charge is -1.99. The fourth-order valence-electron chi connectivity index (χ4n) is 1.64. The van der Waals surface area contributed by atoms with E-state index in [1.165, 1.54) is 0 Å². The summed E-state index contributed by atoms with van der Waals surface area (Å²) in [6.45, 7) is 5.31. The number of carbonyl (C=O) groups excluding carboxylic acids is 1. The highest BCUT2D eigenvalue weighted by atomic mass is 16.1. The first kappa shape index (κ1) is 14.4. The summed E-state index contributed by atoms with van der Waals surface area (Å²) in [5.74, 6) is -0.0782. The van der Waals surface area contributed by atoms with Gasteiger partial charge in [0, 0.05) is 5.56 Å². The van der Waals surface area contributed by atoms with Gasteiger partial charge in [0.05, 0.1) is 23.0 Å². The third-order valence-electron chi connectivity index (χ3n) is 2.79. The van der Waals surface area contributed by atoms with Crippen molar-refractivity contribution in [3.63, 3.8) is 0 Å². The van der Waals surface area contributed by atoms with Crippen LogP contribution in [-0.4, -0.2) is 5.78 Å². The Balaban J connectivity index is 2.12. The Morgan fingerprint density at radius 3 is 1.90 bits per heavy atom. The van der Waals surface area contributed by atoms with Gasteiger partial charge >= 0.3 is 0 Å². The fourth-order valence-corrected chi connectivity index (χ4v) is 1.64. The summed E-state index contributed by atoms with van der Waals surface area (Å²) in [7, 11) is 0. The third-order valence-corrected chi connectivity index (χ3v) is 2.79. The Morgan fingerprint density at radius 2 is 1.48 bits per heavy atom. The molecule has 0 bridgehead atoms. The van der Waals surface area contributed by atoms with Crippen LogP contribution in [0, 0.1) is 11.3 Å². The van der Waals surface area contributed by atoms with Gasteiger partial charge in [-0.1, -0.05) is 6.58 Å². The number of nitriles is 1. The van der Waals surface area contributed by atoms with E-state index >= 15 is 0 Å². The molecule has 4 nitrogen and oxygen atoms in total. The number of hydrogen-bond acceptors (Lipinski definition) is 4. The van der Waals surface area contributed by atoms with Gasteiger partial charge in [0.15, 0.2) is 5.78 Å². The molecule has 102 valence electrons. The van der Waals surface area contributed by atoms with Crippen LogP contribution in [0.1, 0.15) is 22.8 Å². The summed E-state index contributed by atoms with van der Waals surface area (Å²) in [5, 5.41) is 16.9. The monoisotopic (exact) mass is 275 g/mol. The van der Waals surface area contributed by atoms with Gasteiger partial charge in [-0.15, -0.1) is 0 Å². The minimum Gasteiger partial charge on any atom is -0.289 e. The number of ketones is 1. The highest BCUT2D eigenvalue weighted by Gasteiger charge is 2.05. The average molecular weight is 275 g/mol. The van der Waals surface area contributed by atoms with Crippen molar-refractivity contribution in [3.8, 4) is 6.07 Å². The van der Waals surface area contributed by atoms with E-state index in [9.17, 15) is 4.79 Å². The molecule has 0 saturated heterocycles. The summed E-state index contributed by atoms with van der Waals surface area (Å²) in [4.78, 5) is 11.7. The van der Waals surface area contributed by atoms with Crippen molar-refractivity contribution in [2.45, 2.75) is 6.92 Å². The van der Waals surface area contributed by atoms with Crippen molar-refractivity contribution >= 4 is 17.2 Å². The summed E-state index contributed by atoms with van der Waals surface area (Å²) in [6.07, 6.45) is 0. The quantitative estimate of drug-likeness (QED) is 0.460. The average Bonchev–Trinajstić information content (AvgIpc) is 2.53. The van der Waals surface area contributed by atoms with Crippen LogP contribution in [0.15, 0.2) is 70.9 Å². The van der Waals surface area contributed by atoms with Gasteiger partial charge in [0.1, 0.15) is 0 Å². The number of nitrogens with zero attached hydrogens (tertiary/aromatic N) is 3. The van der Waals surface area contributed by atoms with Crippen molar-refractivity contribution in [1.82, 2.24) is 0 Å². The summed E-state index contributed by atoms with van der Waals surface area (Å²) in [5.41, 5.74) is 2.98. The molecule has 0 aliphatic heterocycles. The summed E-state index contributed by atoms with van der Waals surface area (Å²) < 4.78 is 0. The first-order chi connectivity index (χ1) is 10.1. The van der Waals surface area contributed by atoms with Gasteiger partial charge in [0.2, 0.25) is 0 Å². The van der Waals surface area contributed by atoms with Gasteiger partial charge in [-0.05, 0) is 61.0 Å². The fraction of sp³-hybridized carbons (Fsp3) is 0.0588. The Hall–Kier alpha value is -3.06. The lowest BCUT2D eigenvalue weighted by molar-refractivity contribution is 0.103. The number of Topliss-reactive ketones (excluding diaryl/α,β-unsaturated/α-hetero) is 1. The summed E-state index contributed by atoms with van der Waals surface area (Å²) >= 11 is 0. The molecule has 2 aromatic carbocycles. The molecule has 0 N–H and O–H groups in total. The van der Waals surface area contributed by atoms with Crippen LogP contribution < -0.4 is 0 Å². The van der Waals surface area contributed by atoms with E-state index in [4.69, 9.17) is 5.26 Å². The SMILES string of the molecule is C=C(C)C(=O)c1ccc(N=Nc2ccc(C#N)cc2)cc1.